The lowest BCUT2D eigenvalue weighted by Gasteiger charge is -2.12. The number of para-hydroxylation sites is 1. The van der Waals surface area contributed by atoms with E-state index >= 15 is 0 Å². The molecule has 134 valence electrons. The lowest BCUT2D eigenvalue weighted by Crippen LogP contribution is -2.22. The van der Waals surface area contributed by atoms with Gasteiger partial charge in [0.05, 0.1) is 28.2 Å². The maximum atomic E-state index is 13.2. The summed E-state index contributed by atoms with van der Waals surface area (Å²) in [6.07, 6.45) is 3.65. The van der Waals surface area contributed by atoms with Gasteiger partial charge in [0, 0.05) is 5.69 Å². The van der Waals surface area contributed by atoms with Crippen LogP contribution in [0.5, 0.6) is 0 Å². The number of hydrogen-bond acceptors (Lipinski definition) is 4. The van der Waals surface area contributed by atoms with Crippen LogP contribution in [-0.4, -0.2) is 9.55 Å². The van der Waals surface area contributed by atoms with E-state index in [0.29, 0.717) is 33.7 Å². The second-order valence-electron chi connectivity index (χ2n) is 6.29. The van der Waals surface area contributed by atoms with Gasteiger partial charge in [0.15, 0.2) is 0 Å². The third kappa shape index (κ3) is 3.27. The van der Waals surface area contributed by atoms with Gasteiger partial charge in [-0.25, -0.2) is 4.98 Å². The minimum absolute atomic E-state index is 0.157. The fourth-order valence-electron chi connectivity index (χ4n) is 3.01. The first-order chi connectivity index (χ1) is 13.7. The SMILES string of the molecule is N#Cc1ccc(/C=C/c2nc3ccccc3c(=O)n2-c2cccc(N)c2)cc1. The molecule has 0 radical (unpaired) electrons. The van der Waals surface area contributed by atoms with E-state index in [1.165, 1.54) is 0 Å². The Morgan fingerprint density at radius 3 is 2.50 bits per heavy atom. The Bertz CT molecular complexity index is 1290. The van der Waals surface area contributed by atoms with Crippen molar-refractivity contribution in [2.45, 2.75) is 0 Å². The highest BCUT2D eigenvalue weighted by atomic mass is 16.1. The molecule has 1 heterocycles. The molecular formula is C23H16N4O. The summed E-state index contributed by atoms with van der Waals surface area (Å²) in [5.41, 5.74) is 9.12. The van der Waals surface area contributed by atoms with E-state index in [9.17, 15) is 4.79 Å². The summed E-state index contributed by atoms with van der Waals surface area (Å²) >= 11 is 0. The smallest absolute Gasteiger partial charge is 0.266 e. The average molecular weight is 364 g/mol. The van der Waals surface area contributed by atoms with Gasteiger partial charge in [0.2, 0.25) is 0 Å². The Labute approximate surface area is 161 Å². The van der Waals surface area contributed by atoms with Gasteiger partial charge in [0.25, 0.3) is 5.56 Å². The number of hydrogen-bond donors (Lipinski definition) is 1. The van der Waals surface area contributed by atoms with Crippen molar-refractivity contribution in [1.82, 2.24) is 9.55 Å². The van der Waals surface area contributed by atoms with Gasteiger partial charge < -0.3 is 5.73 Å². The average Bonchev–Trinajstić information content (AvgIpc) is 2.73. The van der Waals surface area contributed by atoms with Crippen LogP contribution in [0, 0.1) is 11.3 Å². The lowest BCUT2D eigenvalue weighted by molar-refractivity contribution is 0.944. The molecule has 5 nitrogen and oxygen atoms in total. The molecule has 0 amide bonds. The third-order valence-electron chi connectivity index (χ3n) is 4.39. The minimum atomic E-state index is -0.157. The van der Waals surface area contributed by atoms with Crippen LogP contribution in [0.15, 0.2) is 77.6 Å². The zero-order valence-corrected chi connectivity index (χ0v) is 14.9. The second kappa shape index (κ2) is 7.22. The highest BCUT2D eigenvalue weighted by Gasteiger charge is 2.11. The lowest BCUT2D eigenvalue weighted by atomic mass is 10.1. The van der Waals surface area contributed by atoms with E-state index in [4.69, 9.17) is 11.0 Å². The number of rotatable bonds is 3. The molecule has 0 fully saturated rings. The molecule has 0 unspecified atom stereocenters. The van der Waals surface area contributed by atoms with E-state index in [1.54, 1.807) is 47.0 Å². The quantitative estimate of drug-likeness (QED) is 0.557. The van der Waals surface area contributed by atoms with E-state index < -0.39 is 0 Å². The van der Waals surface area contributed by atoms with Gasteiger partial charge in [-0.1, -0.05) is 36.4 Å². The molecule has 0 aliphatic rings. The topological polar surface area (TPSA) is 84.7 Å². The molecule has 28 heavy (non-hydrogen) atoms. The number of benzene rings is 3. The van der Waals surface area contributed by atoms with Gasteiger partial charge in [-0.3, -0.25) is 9.36 Å². The molecule has 0 saturated carbocycles. The van der Waals surface area contributed by atoms with Crippen molar-refractivity contribution in [3.05, 3.63) is 100 Å². The molecular weight excluding hydrogens is 348 g/mol. The zero-order chi connectivity index (χ0) is 19.5. The van der Waals surface area contributed by atoms with Gasteiger partial charge in [-0.15, -0.1) is 0 Å². The predicted octanol–water partition coefficient (Wildman–Crippen LogP) is 4.01. The molecule has 0 aliphatic carbocycles. The molecule has 0 saturated heterocycles. The maximum absolute atomic E-state index is 13.2. The molecule has 4 rings (SSSR count). The van der Waals surface area contributed by atoms with Crippen molar-refractivity contribution in [3.63, 3.8) is 0 Å². The Morgan fingerprint density at radius 1 is 0.964 bits per heavy atom. The normalized spacial score (nSPS) is 11.0. The Morgan fingerprint density at radius 2 is 1.75 bits per heavy atom. The highest BCUT2D eigenvalue weighted by Crippen LogP contribution is 2.17. The molecule has 4 aromatic rings. The van der Waals surface area contributed by atoms with Crippen LogP contribution in [0.25, 0.3) is 28.7 Å². The van der Waals surface area contributed by atoms with Crippen molar-refractivity contribution in [1.29, 1.82) is 5.26 Å². The summed E-state index contributed by atoms with van der Waals surface area (Å²) < 4.78 is 1.55. The first-order valence-electron chi connectivity index (χ1n) is 8.72. The number of anilines is 1. The van der Waals surface area contributed by atoms with Gasteiger partial charge >= 0.3 is 0 Å². The van der Waals surface area contributed by atoms with Gasteiger partial charge in [-0.05, 0) is 54.1 Å². The highest BCUT2D eigenvalue weighted by molar-refractivity contribution is 5.80. The number of nitrogens with zero attached hydrogens (tertiary/aromatic N) is 3. The minimum Gasteiger partial charge on any atom is -0.399 e. The first-order valence-corrected chi connectivity index (χ1v) is 8.72. The molecule has 1 aromatic heterocycles. The molecule has 0 aliphatic heterocycles. The Kier molecular flexibility index (Phi) is 4.45. The number of nitrogen functional groups attached to an aromatic ring is 1. The van der Waals surface area contributed by atoms with Crippen LogP contribution in [-0.2, 0) is 0 Å². The van der Waals surface area contributed by atoms with Crippen molar-refractivity contribution in [2.75, 3.05) is 5.73 Å². The molecule has 2 N–H and O–H groups in total. The molecule has 3 aromatic carbocycles. The number of fused-ring (bicyclic) bond motifs is 1. The van der Waals surface area contributed by atoms with Crippen LogP contribution in [0.4, 0.5) is 5.69 Å². The molecule has 0 bridgehead atoms. The van der Waals surface area contributed by atoms with Crippen molar-refractivity contribution in [2.24, 2.45) is 0 Å². The molecule has 0 atom stereocenters. The van der Waals surface area contributed by atoms with Gasteiger partial charge in [-0.2, -0.15) is 5.26 Å². The number of nitriles is 1. The van der Waals surface area contributed by atoms with Crippen LogP contribution in [0.3, 0.4) is 0 Å². The van der Waals surface area contributed by atoms with Crippen LogP contribution >= 0.6 is 0 Å². The zero-order valence-electron chi connectivity index (χ0n) is 14.9. The van der Waals surface area contributed by atoms with Crippen LogP contribution in [0.1, 0.15) is 17.0 Å². The summed E-state index contributed by atoms with van der Waals surface area (Å²) in [6.45, 7) is 0. The fraction of sp³-hybridized carbons (Fsp3) is 0. The van der Waals surface area contributed by atoms with E-state index in [0.717, 1.165) is 5.56 Å². The van der Waals surface area contributed by atoms with Crippen molar-refractivity contribution < 1.29 is 0 Å². The third-order valence-corrected chi connectivity index (χ3v) is 4.39. The van der Waals surface area contributed by atoms with E-state index in [1.807, 2.05) is 42.5 Å². The van der Waals surface area contributed by atoms with Crippen LogP contribution in [0.2, 0.25) is 0 Å². The van der Waals surface area contributed by atoms with Crippen molar-refractivity contribution >= 4 is 28.7 Å². The number of nitrogens with two attached hydrogens (primary N) is 1. The number of aromatic nitrogens is 2. The largest absolute Gasteiger partial charge is 0.399 e. The summed E-state index contributed by atoms with van der Waals surface area (Å²) in [4.78, 5) is 17.8. The second-order valence-corrected chi connectivity index (χ2v) is 6.29. The van der Waals surface area contributed by atoms with E-state index in [2.05, 4.69) is 11.1 Å². The summed E-state index contributed by atoms with van der Waals surface area (Å²) in [7, 11) is 0. The molecule has 0 spiro atoms. The van der Waals surface area contributed by atoms with Crippen molar-refractivity contribution in [3.8, 4) is 11.8 Å². The monoisotopic (exact) mass is 364 g/mol. The Balaban J connectivity index is 1.90. The first kappa shape index (κ1) is 17.3. The summed E-state index contributed by atoms with van der Waals surface area (Å²) in [5.74, 6) is 0.499. The molecule has 5 heteroatoms. The summed E-state index contributed by atoms with van der Waals surface area (Å²) in [6, 6.07) is 23.7. The van der Waals surface area contributed by atoms with Crippen LogP contribution < -0.4 is 11.3 Å². The predicted molar refractivity (Wildman–Crippen MR) is 112 cm³/mol. The van der Waals surface area contributed by atoms with Gasteiger partial charge in [0.1, 0.15) is 5.82 Å². The fourth-order valence-corrected chi connectivity index (χ4v) is 3.01. The maximum Gasteiger partial charge on any atom is 0.266 e. The standard InChI is InChI=1S/C23H16N4O/c24-15-17-10-8-16(9-11-17)12-13-22-26-21-7-2-1-6-20(21)23(28)27(22)19-5-3-4-18(25)14-19/h1-14H,25H2/b13-12+. The summed E-state index contributed by atoms with van der Waals surface area (Å²) in [5, 5.41) is 9.47. The Hall–Kier alpha value is -4.17. The van der Waals surface area contributed by atoms with E-state index in [-0.39, 0.29) is 5.56 Å².